The zero-order valence-electron chi connectivity index (χ0n) is 14.1. The largest absolute Gasteiger partial charge is 0.358 e. The summed E-state index contributed by atoms with van der Waals surface area (Å²) < 4.78 is 0. The zero-order valence-corrected chi connectivity index (χ0v) is 14.1. The lowest BCUT2D eigenvalue weighted by Gasteiger charge is -2.36. The number of amides is 1. The van der Waals surface area contributed by atoms with Gasteiger partial charge < -0.3 is 10.2 Å². The first-order valence-electron chi connectivity index (χ1n) is 8.80. The van der Waals surface area contributed by atoms with Gasteiger partial charge >= 0.3 is 0 Å². The maximum atomic E-state index is 10.5. The van der Waals surface area contributed by atoms with E-state index >= 15 is 0 Å². The summed E-state index contributed by atoms with van der Waals surface area (Å²) in [6.45, 7) is 7.70. The van der Waals surface area contributed by atoms with Crippen LogP contribution >= 0.6 is 0 Å². The predicted octanol–water partition coefficient (Wildman–Crippen LogP) is 2.95. The van der Waals surface area contributed by atoms with Gasteiger partial charge in [-0.2, -0.15) is 0 Å². The molecule has 1 N–H and O–H groups in total. The zero-order chi connectivity index (χ0) is 15.8. The number of nitrogens with one attached hydrogen (secondary N) is 1. The highest BCUT2D eigenvalue weighted by Gasteiger charge is 2.24. The Morgan fingerprint density at radius 3 is 2.73 bits per heavy atom. The summed E-state index contributed by atoms with van der Waals surface area (Å²) in [5.74, 6) is 0. The van der Waals surface area contributed by atoms with E-state index in [9.17, 15) is 4.79 Å². The monoisotopic (exact) mass is 302 g/mol. The Hall–Kier alpha value is -1.35. The molecule has 3 heteroatoms. The molecule has 22 heavy (non-hydrogen) atoms. The van der Waals surface area contributed by atoms with E-state index in [-0.39, 0.29) is 0 Å². The van der Waals surface area contributed by atoms with Gasteiger partial charge in [-0.1, -0.05) is 32.0 Å². The second-order valence-corrected chi connectivity index (χ2v) is 6.31. The molecule has 1 amide bonds. The first-order chi connectivity index (χ1) is 10.8. The van der Waals surface area contributed by atoms with Gasteiger partial charge in [0.15, 0.2) is 0 Å². The normalized spacial score (nSPS) is 17.3. The van der Waals surface area contributed by atoms with Crippen LogP contribution < -0.4 is 5.32 Å². The number of carbonyl (C=O) groups excluding carboxylic acids is 1. The molecule has 2 rings (SSSR count). The summed E-state index contributed by atoms with van der Waals surface area (Å²) in [6, 6.07) is 7.38. The maximum absolute atomic E-state index is 10.5. The summed E-state index contributed by atoms with van der Waals surface area (Å²) in [6.07, 6.45) is 7.84. The fraction of sp³-hybridized carbons (Fsp3) is 0.632. The molecule has 1 atom stereocenters. The van der Waals surface area contributed by atoms with E-state index in [1.54, 1.807) is 5.56 Å². The molecule has 0 aliphatic heterocycles. The van der Waals surface area contributed by atoms with Crippen LogP contribution in [0.15, 0.2) is 18.2 Å². The third-order valence-corrected chi connectivity index (χ3v) is 4.72. The van der Waals surface area contributed by atoms with Gasteiger partial charge in [-0.25, -0.2) is 0 Å². The summed E-state index contributed by atoms with van der Waals surface area (Å²) >= 11 is 0. The Morgan fingerprint density at radius 1 is 1.27 bits per heavy atom. The summed E-state index contributed by atoms with van der Waals surface area (Å²) in [5.41, 5.74) is 4.49. The van der Waals surface area contributed by atoms with Crippen LogP contribution in [0.3, 0.4) is 0 Å². The molecule has 0 radical (unpaired) electrons. The minimum Gasteiger partial charge on any atom is -0.358 e. The molecule has 1 aromatic rings. The maximum Gasteiger partial charge on any atom is 0.207 e. The number of hydrogen-bond acceptors (Lipinski definition) is 2. The number of benzene rings is 1. The van der Waals surface area contributed by atoms with Crippen LogP contribution in [-0.4, -0.2) is 37.0 Å². The lowest BCUT2D eigenvalue weighted by Crippen LogP contribution is -2.40. The van der Waals surface area contributed by atoms with Crippen LogP contribution in [0.25, 0.3) is 0 Å². The fourth-order valence-electron chi connectivity index (χ4n) is 3.71. The Kier molecular flexibility index (Phi) is 6.91. The third-order valence-electron chi connectivity index (χ3n) is 4.72. The first-order valence-corrected chi connectivity index (χ1v) is 8.80. The minimum absolute atomic E-state index is 0.688. The Bertz CT molecular complexity index is 467. The van der Waals surface area contributed by atoms with Crippen LogP contribution in [0.2, 0.25) is 0 Å². The lowest BCUT2D eigenvalue weighted by molar-refractivity contribution is -0.109. The van der Waals surface area contributed by atoms with Crippen molar-refractivity contribution in [2.24, 2.45) is 0 Å². The van der Waals surface area contributed by atoms with Gasteiger partial charge in [0.25, 0.3) is 0 Å². The van der Waals surface area contributed by atoms with Gasteiger partial charge in [0, 0.05) is 12.6 Å². The van der Waals surface area contributed by atoms with E-state index in [2.05, 4.69) is 42.3 Å². The van der Waals surface area contributed by atoms with Crippen molar-refractivity contribution < 1.29 is 4.79 Å². The molecule has 1 aliphatic rings. The average Bonchev–Trinajstić information content (AvgIpc) is 2.55. The van der Waals surface area contributed by atoms with Gasteiger partial charge in [0.1, 0.15) is 0 Å². The van der Waals surface area contributed by atoms with E-state index in [0.717, 1.165) is 19.4 Å². The molecule has 0 bridgehead atoms. The van der Waals surface area contributed by atoms with Crippen molar-refractivity contribution in [1.82, 2.24) is 10.2 Å². The molecule has 122 valence electrons. The van der Waals surface area contributed by atoms with E-state index in [1.807, 2.05) is 0 Å². The smallest absolute Gasteiger partial charge is 0.207 e. The van der Waals surface area contributed by atoms with Crippen molar-refractivity contribution in [3.8, 4) is 0 Å². The van der Waals surface area contributed by atoms with Crippen molar-refractivity contribution in [3.05, 3.63) is 34.9 Å². The Balaban J connectivity index is 2.11. The van der Waals surface area contributed by atoms with Crippen molar-refractivity contribution in [2.75, 3.05) is 19.6 Å². The minimum atomic E-state index is 0.688. The van der Waals surface area contributed by atoms with Crippen molar-refractivity contribution in [2.45, 2.75) is 58.4 Å². The van der Waals surface area contributed by atoms with Gasteiger partial charge in [-0.05, 0) is 68.3 Å². The molecule has 0 fully saturated rings. The topological polar surface area (TPSA) is 32.3 Å². The molecule has 0 spiro atoms. The van der Waals surface area contributed by atoms with E-state index < -0.39 is 0 Å². The highest BCUT2D eigenvalue weighted by molar-refractivity contribution is 5.46. The fourth-order valence-corrected chi connectivity index (χ4v) is 3.71. The number of fused-ring (bicyclic) bond motifs is 1. The van der Waals surface area contributed by atoms with Gasteiger partial charge in [0.2, 0.25) is 6.41 Å². The highest BCUT2D eigenvalue weighted by Crippen LogP contribution is 2.28. The number of nitrogens with zero attached hydrogens (tertiary/aromatic N) is 1. The first kappa shape index (κ1) is 17.0. The SMILES string of the molecule is CCCN(CCC)C1CCc2cccc(CCNC=O)c2C1. The van der Waals surface area contributed by atoms with Crippen LogP contribution in [0, 0.1) is 0 Å². The van der Waals surface area contributed by atoms with Gasteiger partial charge in [-0.15, -0.1) is 0 Å². The highest BCUT2D eigenvalue weighted by atomic mass is 16.1. The lowest BCUT2D eigenvalue weighted by atomic mass is 9.83. The molecule has 3 nitrogen and oxygen atoms in total. The summed E-state index contributed by atoms with van der Waals surface area (Å²) in [5, 5.41) is 2.79. The van der Waals surface area contributed by atoms with Gasteiger partial charge in [-0.3, -0.25) is 4.79 Å². The van der Waals surface area contributed by atoms with Gasteiger partial charge in [0.05, 0.1) is 0 Å². The van der Waals surface area contributed by atoms with Crippen LogP contribution in [-0.2, 0) is 24.1 Å². The average molecular weight is 302 g/mol. The quantitative estimate of drug-likeness (QED) is 0.562. The number of carbonyl (C=O) groups is 1. The molecule has 0 saturated heterocycles. The molecule has 1 aliphatic carbocycles. The molecule has 0 aromatic heterocycles. The Labute approximate surface area is 135 Å². The summed E-state index contributed by atoms with van der Waals surface area (Å²) in [4.78, 5) is 13.1. The number of hydrogen-bond donors (Lipinski definition) is 1. The van der Waals surface area contributed by atoms with Crippen LogP contribution in [0.5, 0.6) is 0 Å². The van der Waals surface area contributed by atoms with Crippen LogP contribution in [0.1, 0.15) is 49.8 Å². The number of aryl methyl sites for hydroxylation is 1. The van der Waals surface area contributed by atoms with Crippen LogP contribution in [0.4, 0.5) is 0 Å². The molecular formula is C19H30N2O. The Morgan fingerprint density at radius 2 is 2.05 bits per heavy atom. The molecule has 0 saturated carbocycles. The second kappa shape index (κ2) is 8.94. The van der Waals surface area contributed by atoms with Crippen molar-refractivity contribution in [3.63, 3.8) is 0 Å². The molecule has 1 unspecified atom stereocenters. The van der Waals surface area contributed by atoms with E-state index in [0.29, 0.717) is 6.04 Å². The van der Waals surface area contributed by atoms with Crippen molar-refractivity contribution in [1.29, 1.82) is 0 Å². The van der Waals surface area contributed by atoms with E-state index in [1.165, 1.54) is 56.3 Å². The number of rotatable bonds is 9. The third kappa shape index (κ3) is 4.33. The predicted molar refractivity (Wildman–Crippen MR) is 92.2 cm³/mol. The molecular weight excluding hydrogens is 272 g/mol. The van der Waals surface area contributed by atoms with E-state index in [4.69, 9.17) is 0 Å². The van der Waals surface area contributed by atoms with Crippen molar-refractivity contribution >= 4 is 6.41 Å². The standard InChI is InChI=1S/C19H30N2O/c1-3-12-21(13-4-2)18-9-8-16-6-5-7-17(19(16)14-18)10-11-20-15-22/h5-7,15,18H,3-4,8-14H2,1-2H3,(H,20,22). The molecule has 0 heterocycles. The summed E-state index contributed by atoms with van der Waals surface area (Å²) in [7, 11) is 0. The molecule has 1 aromatic carbocycles. The second-order valence-electron chi connectivity index (χ2n) is 6.31.